The Labute approximate surface area is 420 Å². The highest BCUT2D eigenvalue weighted by Gasteiger charge is 2.23. The summed E-state index contributed by atoms with van der Waals surface area (Å²) in [5.74, 6) is 0. The lowest BCUT2D eigenvalue weighted by Crippen LogP contribution is -2.10. The van der Waals surface area contributed by atoms with E-state index < -0.39 is 0 Å². The average Bonchev–Trinajstić information content (AvgIpc) is 3.46. The van der Waals surface area contributed by atoms with Crippen LogP contribution in [0, 0.1) is 0 Å². The molecule has 13 aromatic carbocycles. The maximum Gasteiger partial charge on any atom is 0.0468 e. The number of benzene rings is 13. The Kier molecular flexibility index (Phi) is 10.9. The molecule has 0 fully saturated rings. The Morgan fingerprint density at radius 2 is 0.458 bits per heavy atom. The Morgan fingerprint density at radius 1 is 0.167 bits per heavy atom. The number of anilines is 6. The zero-order valence-electron chi connectivity index (χ0n) is 39.6. The minimum atomic E-state index is 1.08. The third-order valence-corrected chi connectivity index (χ3v) is 14.2. The van der Waals surface area contributed by atoms with Crippen molar-refractivity contribution in [1.82, 2.24) is 0 Å². The van der Waals surface area contributed by atoms with Crippen molar-refractivity contribution in [3.05, 3.63) is 291 Å². The molecule has 0 radical (unpaired) electrons. The fraction of sp³-hybridized carbons (Fsp3) is 0. The third-order valence-electron chi connectivity index (χ3n) is 14.2. The third kappa shape index (κ3) is 7.92. The van der Waals surface area contributed by atoms with Crippen LogP contribution in [0.15, 0.2) is 291 Å². The summed E-state index contributed by atoms with van der Waals surface area (Å²) in [6, 6.07) is 106. The number of fused-ring (bicyclic) bond motifs is 4. The normalized spacial score (nSPS) is 11.3. The van der Waals surface area contributed by atoms with Crippen LogP contribution in [0.1, 0.15) is 0 Å². The van der Waals surface area contributed by atoms with Gasteiger partial charge in [-0.2, -0.15) is 0 Å². The van der Waals surface area contributed by atoms with E-state index in [2.05, 4.69) is 301 Å². The molecule has 338 valence electrons. The molecular weight excluding hydrogens is 869 g/mol. The summed E-state index contributed by atoms with van der Waals surface area (Å²) >= 11 is 0. The maximum atomic E-state index is 2.43. The van der Waals surface area contributed by atoms with Crippen LogP contribution in [0.5, 0.6) is 0 Å². The summed E-state index contributed by atoms with van der Waals surface area (Å²) in [4.78, 5) is 4.80. The molecule has 2 nitrogen and oxygen atoms in total. The van der Waals surface area contributed by atoms with E-state index in [0.717, 1.165) is 45.3 Å². The minimum absolute atomic E-state index is 1.08. The highest BCUT2D eigenvalue weighted by Crippen LogP contribution is 2.49. The van der Waals surface area contributed by atoms with Gasteiger partial charge in [0.1, 0.15) is 0 Å². The highest BCUT2D eigenvalue weighted by molar-refractivity contribution is 6.23. The summed E-state index contributed by atoms with van der Waals surface area (Å²) < 4.78 is 0. The van der Waals surface area contributed by atoms with E-state index in [1.165, 1.54) is 76.5 Å². The molecule has 0 unspecified atom stereocenters. The van der Waals surface area contributed by atoms with Crippen LogP contribution in [0.4, 0.5) is 34.1 Å². The van der Waals surface area contributed by atoms with Crippen molar-refractivity contribution < 1.29 is 0 Å². The van der Waals surface area contributed by atoms with Gasteiger partial charge >= 0.3 is 0 Å². The lowest BCUT2D eigenvalue weighted by Gasteiger charge is -2.28. The summed E-state index contributed by atoms with van der Waals surface area (Å²) in [5, 5.41) is 9.56. The molecule has 72 heavy (non-hydrogen) atoms. The monoisotopic (exact) mass is 916 g/mol. The first kappa shape index (κ1) is 42.6. The standard InChI is InChI=1S/C70H48N2/c1-5-17-49(18-6-1)53-29-33-55(34-30-53)69-65-43-41-64(72(60-27-11-4-12-28-60)62-40-38-52-22-14-16-24-58(52)46-62)48-68(65)70(56-35-31-54(32-36-56)50-19-7-2-8-20-50)66-44-42-63(47-67(66)69)71(59-25-9-3-10-26-59)61-39-37-51-21-13-15-23-57(51)45-61/h1-48H. The van der Waals surface area contributed by atoms with E-state index in [1.54, 1.807) is 0 Å². The second kappa shape index (κ2) is 18.4. The largest absolute Gasteiger partial charge is 0.310 e. The molecule has 0 aliphatic rings. The van der Waals surface area contributed by atoms with Crippen LogP contribution in [-0.4, -0.2) is 0 Å². The SMILES string of the molecule is c1ccc(-c2ccc(-c3c4ccc(N(c5ccccc5)c5ccc6ccccc6c5)cc4c(-c4ccc(-c5ccccc5)cc4)c4ccc(N(c5ccccc5)c5ccc6ccccc6c5)cc34)cc2)cc1. The second-order valence-electron chi connectivity index (χ2n) is 18.5. The number of rotatable bonds is 10. The maximum absolute atomic E-state index is 2.43. The second-order valence-corrected chi connectivity index (χ2v) is 18.5. The van der Waals surface area contributed by atoms with E-state index in [-0.39, 0.29) is 0 Å². The van der Waals surface area contributed by atoms with Crippen molar-refractivity contribution in [2.45, 2.75) is 0 Å². The Hall–Kier alpha value is -9.50. The minimum Gasteiger partial charge on any atom is -0.310 e. The van der Waals surface area contributed by atoms with E-state index in [4.69, 9.17) is 0 Å². The van der Waals surface area contributed by atoms with Crippen molar-refractivity contribution >= 4 is 77.2 Å². The predicted molar refractivity (Wildman–Crippen MR) is 308 cm³/mol. The molecule has 0 N–H and O–H groups in total. The van der Waals surface area contributed by atoms with Crippen molar-refractivity contribution in [2.75, 3.05) is 9.80 Å². The molecule has 2 heteroatoms. The van der Waals surface area contributed by atoms with Gasteiger partial charge in [-0.15, -0.1) is 0 Å². The van der Waals surface area contributed by atoms with Crippen molar-refractivity contribution in [3.8, 4) is 44.5 Å². The van der Waals surface area contributed by atoms with Crippen molar-refractivity contribution in [3.63, 3.8) is 0 Å². The summed E-state index contributed by atoms with van der Waals surface area (Å²) in [6.45, 7) is 0. The Morgan fingerprint density at radius 3 is 0.847 bits per heavy atom. The molecule has 0 bridgehead atoms. The van der Waals surface area contributed by atoms with Gasteiger partial charge in [-0.3, -0.25) is 0 Å². The topological polar surface area (TPSA) is 6.48 Å². The van der Waals surface area contributed by atoms with Crippen LogP contribution in [0.3, 0.4) is 0 Å². The molecule has 0 aromatic heterocycles. The highest BCUT2D eigenvalue weighted by atomic mass is 15.1. The van der Waals surface area contributed by atoms with Crippen LogP contribution in [-0.2, 0) is 0 Å². The molecule has 0 saturated heterocycles. The summed E-state index contributed by atoms with van der Waals surface area (Å²) in [5.41, 5.74) is 16.0. The number of hydrogen-bond donors (Lipinski definition) is 0. The van der Waals surface area contributed by atoms with E-state index >= 15 is 0 Å². The van der Waals surface area contributed by atoms with Crippen molar-refractivity contribution in [2.24, 2.45) is 0 Å². The summed E-state index contributed by atoms with van der Waals surface area (Å²) in [7, 11) is 0. The molecule has 0 atom stereocenters. The molecule has 13 aromatic rings. The van der Waals surface area contributed by atoms with Gasteiger partial charge in [-0.1, -0.05) is 218 Å². The molecule has 0 aliphatic carbocycles. The number of para-hydroxylation sites is 2. The van der Waals surface area contributed by atoms with E-state index in [9.17, 15) is 0 Å². The van der Waals surface area contributed by atoms with Gasteiger partial charge in [-0.25, -0.2) is 0 Å². The van der Waals surface area contributed by atoms with Crippen molar-refractivity contribution in [1.29, 1.82) is 0 Å². The van der Waals surface area contributed by atoms with Gasteiger partial charge in [0.25, 0.3) is 0 Å². The first-order valence-corrected chi connectivity index (χ1v) is 24.7. The molecule has 0 spiro atoms. The van der Waals surface area contributed by atoms with Crippen LogP contribution >= 0.6 is 0 Å². The predicted octanol–water partition coefficient (Wildman–Crippen LogP) is 19.9. The zero-order valence-corrected chi connectivity index (χ0v) is 39.6. The Bertz CT molecular complexity index is 3790. The molecule has 0 aliphatic heterocycles. The van der Waals surface area contributed by atoms with Crippen LogP contribution in [0.2, 0.25) is 0 Å². The van der Waals surface area contributed by atoms with Gasteiger partial charge in [-0.05, 0) is 160 Å². The van der Waals surface area contributed by atoms with Gasteiger partial charge in [0.15, 0.2) is 0 Å². The van der Waals surface area contributed by atoms with Gasteiger partial charge in [0.2, 0.25) is 0 Å². The van der Waals surface area contributed by atoms with E-state index in [1.807, 2.05) is 0 Å². The number of nitrogens with zero attached hydrogens (tertiary/aromatic N) is 2. The first-order valence-electron chi connectivity index (χ1n) is 24.7. The van der Waals surface area contributed by atoms with Gasteiger partial charge < -0.3 is 9.80 Å². The summed E-state index contributed by atoms with van der Waals surface area (Å²) in [6.07, 6.45) is 0. The van der Waals surface area contributed by atoms with Crippen LogP contribution < -0.4 is 9.80 Å². The molecule has 0 amide bonds. The van der Waals surface area contributed by atoms with Gasteiger partial charge in [0, 0.05) is 34.1 Å². The molecular formula is C70H48N2. The molecule has 0 heterocycles. The average molecular weight is 917 g/mol. The molecule has 0 saturated carbocycles. The lowest BCUT2D eigenvalue weighted by molar-refractivity contribution is 1.29. The fourth-order valence-electron chi connectivity index (χ4n) is 10.7. The van der Waals surface area contributed by atoms with Crippen LogP contribution in [0.25, 0.3) is 87.6 Å². The van der Waals surface area contributed by atoms with Gasteiger partial charge in [0.05, 0.1) is 0 Å². The zero-order chi connectivity index (χ0) is 47.8. The Balaban J connectivity index is 1.10. The fourth-order valence-corrected chi connectivity index (χ4v) is 10.7. The smallest absolute Gasteiger partial charge is 0.0468 e. The lowest BCUT2D eigenvalue weighted by atomic mass is 9.84. The number of hydrogen-bond acceptors (Lipinski definition) is 2. The van der Waals surface area contributed by atoms with E-state index in [0.29, 0.717) is 0 Å². The quantitative estimate of drug-likeness (QED) is 0.126. The first-order chi connectivity index (χ1) is 35.7. The molecule has 13 rings (SSSR count).